The Morgan fingerprint density at radius 3 is 2.73 bits per heavy atom. The van der Waals surface area contributed by atoms with Gasteiger partial charge in [0.15, 0.2) is 17.3 Å². The summed E-state index contributed by atoms with van der Waals surface area (Å²) >= 11 is 0. The lowest BCUT2D eigenvalue weighted by Gasteiger charge is -2.18. The van der Waals surface area contributed by atoms with Crippen molar-refractivity contribution in [3.05, 3.63) is 48.2 Å². The number of benzene rings is 1. The van der Waals surface area contributed by atoms with Crippen LogP contribution in [0.15, 0.2) is 36.7 Å². The minimum Gasteiger partial charge on any atom is -0.486 e. The van der Waals surface area contributed by atoms with Crippen molar-refractivity contribution in [2.45, 2.75) is 19.4 Å². The van der Waals surface area contributed by atoms with Crippen LogP contribution in [0.4, 0.5) is 10.2 Å². The van der Waals surface area contributed by atoms with E-state index in [4.69, 9.17) is 9.84 Å². The Kier molecular flexibility index (Phi) is 5.24. The number of carboxylic acids is 1. The standard InChI is InChI=1S/C15H16FN3O3/c1-2-10(22-13-6-4-3-5-11(13)16)7-18-14-9-17-12(8-19-14)15(20)21/h3-6,8-10H,2,7H2,1H3,(H,18,19)(H,20,21). The Hall–Kier alpha value is -2.70. The molecule has 0 fully saturated rings. The second kappa shape index (κ2) is 7.35. The maximum atomic E-state index is 13.5. The molecule has 0 bridgehead atoms. The Morgan fingerprint density at radius 2 is 2.14 bits per heavy atom. The van der Waals surface area contributed by atoms with Gasteiger partial charge in [-0.2, -0.15) is 0 Å². The molecule has 1 heterocycles. The van der Waals surface area contributed by atoms with Crippen LogP contribution in [0.3, 0.4) is 0 Å². The Balaban J connectivity index is 1.93. The van der Waals surface area contributed by atoms with Crippen LogP contribution in [-0.4, -0.2) is 33.7 Å². The van der Waals surface area contributed by atoms with Crippen LogP contribution in [0.2, 0.25) is 0 Å². The predicted molar refractivity (Wildman–Crippen MR) is 78.6 cm³/mol. The zero-order valence-corrected chi connectivity index (χ0v) is 12.0. The van der Waals surface area contributed by atoms with E-state index in [1.165, 1.54) is 18.5 Å². The van der Waals surface area contributed by atoms with Gasteiger partial charge in [0.25, 0.3) is 0 Å². The number of carboxylic acid groups (broad SMARTS) is 1. The van der Waals surface area contributed by atoms with E-state index in [1.54, 1.807) is 18.2 Å². The molecule has 0 saturated carbocycles. The number of aromatic carboxylic acids is 1. The fraction of sp³-hybridized carbons (Fsp3) is 0.267. The molecule has 22 heavy (non-hydrogen) atoms. The molecule has 116 valence electrons. The lowest BCUT2D eigenvalue weighted by Crippen LogP contribution is -2.26. The van der Waals surface area contributed by atoms with Crippen molar-refractivity contribution in [1.82, 2.24) is 9.97 Å². The van der Waals surface area contributed by atoms with Crippen molar-refractivity contribution in [2.75, 3.05) is 11.9 Å². The minimum atomic E-state index is -1.13. The van der Waals surface area contributed by atoms with Gasteiger partial charge in [0.2, 0.25) is 0 Å². The Bertz CT molecular complexity index is 634. The summed E-state index contributed by atoms with van der Waals surface area (Å²) in [5.74, 6) is -0.913. The van der Waals surface area contributed by atoms with Gasteiger partial charge in [-0.15, -0.1) is 0 Å². The maximum Gasteiger partial charge on any atom is 0.356 e. The van der Waals surface area contributed by atoms with Crippen molar-refractivity contribution in [2.24, 2.45) is 0 Å². The summed E-state index contributed by atoms with van der Waals surface area (Å²) in [5, 5.41) is 11.7. The molecule has 2 rings (SSSR count). The van der Waals surface area contributed by atoms with E-state index in [0.717, 1.165) is 0 Å². The van der Waals surface area contributed by atoms with Gasteiger partial charge in [0.05, 0.1) is 18.9 Å². The molecule has 0 aliphatic carbocycles. The quantitative estimate of drug-likeness (QED) is 0.818. The second-order valence-corrected chi connectivity index (χ2v) is 4.55. The zero-order valence-electron chi connectivity index (χ0n) is 12.0. The largest absolute Gasteiger partial charge is 0.486 e. The third-order valence-corrected chi connectivity index (χ3v) is 2.97. The summed E-state index contributed by atoms with van der Waals surface area (Å²) in [5.41, 5.74) is -0.125. The fourth-order valence-electron chi connectivity index (χ4n) is 1.74. The first kappa shape index (κ1) is 15.7. The average molecular weight is 305 g/mol. The first-order valence-electron chi connectivity index (χ1n) is 6.80. The van der Waals surface area contributed by atoms with Crippen LogP contribution >= 0.6 is 0 Å². The normalized spacial score (nSPS) is 11.7. The number of halogens is 1. The lowest BCUT2D eigenvalue weighted by molar-refractivity contribution is 0.0690. The van der Waals surface area contributed by atoms with Crippen LogP contribution in [-0.2, 0) is 0 Å². The molecule has 0 radical (unpaired) electrons. The summed E-state index contributed by atoms with van der Waals surface area (Å²) in [6.07, 6.45) is 2.92. The number of hydrogen-bond acceptors (Lipinski definition) is 5. The summed E-state index contributed by atoms with van der Waals surface area (Å²) in [6.45, 7) is 2.32. The summed E-state index contributed by atoms with van der Waals surface area (Å²) in [7, 11) is 0. The van der Waals surface area contributed by atoms with Crippen LogP contribution < -0.4 is 10.1 Å². The van der Waals surface area contributed by atoms with Crippen molar-refractivity contribution < 1.29 is 19.0 Å². The summed E-state index contributed by atoms with van der Waals surface area (Å²) in [4.78, 5) is 18.4. The van der Waals surface area contributed by atoms with E-state index in [9.17, 15) is 9.18 Å². The van der Waals surface area contributed by atoms with Gasteiger partial charge >= 0.3 is 5.97 Å². The van der Waals surface area contributed by atoms with Crippen LogP contribution in [0.25, 0.3) is 0 Å². The highest BCUT2D eigenvalue weighted by Gasteiger charge is 2.12. The number of carbonyl (C=O) groups is 1. The summed E-state index contributed by atoms with van der Waals surface area (Å²) in [6, 6.07) is 6.21. The highest BCUT2D eigenvalue weighted by atomic mass is 19.1. The van der Waals surface area contributed by atoms with E-state index in [0.29, 0.717) is 18.8 Å². The number of anilines is 1. The van der Waals surface area contributed by atoms with E-state index >= 15 is 0 Å². The van der Waals surface area contributed by atoms with Gasteiger partial charge in [-0.3, -0.25) is 0 Å². The smallest absolute Gasteiger partial charge is 0.356 e. The molecule has 1 atom stereocenters. The maximum absolute atomic E-state index is 13.5. The molecule has 0 saturated heterocycles. The van der Waals surface area contributed by atoms with Crippen molar-refractivity contribution >= 4 is 11.8 Å². The molecular weight excluding hydrogens is 289 g/mol. The van der Waals surface area contributed by atoms with Gasteiger partial charge in [-0.25, -0.2) is 19.2 Å². The molecule has 7 heteroatoms. The van der Waals surface area contributed by atoms with Gasteiger partial charge in [0, 0.05) is 0 Å². The highest BCUT2D eigenvalue weighted by molar-refractivity contribution is 5.84. The number of rotatable bonds is 7. The third kappa shape index (κ3) is 4.15. The number of ether oxygens (including phenoxy) is 1. The van der Waals surface area contributed by atoms with Gasteiger partial charge in [0.1, 0.15) is 11.9 Å². The van der Waals surface area contributed by atoms with Crippen molar-refractivity contribution in [3.63, 3.8) is 0 Å². The van der Waals surface area contributed by atoms with Gasteiger partial charge < -0.3 is 15.2 Å². The SMILES string of the molecule is CCC(CNc1cnc(C(=O)O)cn1)Oc1ccccc1F. The number of aromatic nitrogens is 2. The molecule has 2 N–H and O–H groups in total. The molecule has 1 aromatic heterocycles. The van der Waals surface area contributed by atoms with E-state index in [-0.39, 0.29) is 17.5 Å². The van der Waals surface area contributed by atoms with Crippen LogP contribution in [0.1, 0.15) is 23.8 Å². The molecular formula is C15H16FN3O3. The Morgan fingerprint density at radius 1 is 1.36 bits per heavy atom. The fourth-order valence-corrected chi connectivity index (χ4v) is 1.74. The molecule has 1 unspecified atom stereocenters. The molecule has 0 amide bonds. The minimum absolute atomic E-state index is 0.125. The topological polar surface area (TPSA) is 84.3 Å². The molecule has 2 aromatic rings. The van der Waals surface area contributed by atoms with E-state index in [2.05, 4.69) is 15.3 Å². The lowest BCUT2D eigenvalue weighted by atomic mass is 10.2. The van der Waals surface area contributed by atoms with Crippen LogP contribution in [0.5, 0.6) is 5.75 Å². The monoisotopic (exact) mass is 305 g/mol. The molecule has 0 aliphatic heterocycles. The molecule has 1 aromatic carbocycles. The number of para-hydroxylation sites is 1. The van der Waals surface area contributed by atoms with Gasteiger partial charge in [-0.05, 0) is 18.6 Å². The van der Waals surface area contributed by atoms with E-state index < -0.39 is 11.8 Å². The number of nitrogens with zero attached hydrogens (tertiary/aromatic N) is 2. The molecule has 6 nitrogen and oxygen atoms in total. The van der Waals surface area contributed by atoms with Crippen LogP contribution in [0, 0.1) is 5.82 Å². The number of hydrogen-bond donors (Lipinski definition) is 2. The first-order valence-corrected chi connectivity index (χ1v) is 6.80. The van der Waals surface area contributed by atoms with E-state index in [1.807, 2.05) is 6.92 Å². The first-order chi connectivity index (χ1) is 10.6. The zero-order chi connectivity index (χ0) is 15.9. The molecule has 0 spiro atoms. The van der Waals surface area contributed by atoms with Crippen molar-refractivity contribution in [1.29, 1.82) is 0 Å². The van der Waals surface area contributed by atoms with Gasteiger partial charge in [-0.1, -0.05) is 19.1 Å². The summed E-state index contributed by atoms with van der Waals surface area (Å²) < 4.78 is 19.1. The third-order valence-electron chi connectivity index (χ3n) is 2.97. The highest BCUT2D eigenvalue weighted by Crippen LogP contribution is 2.18. The Labute approximate surface area is 127 Å². The van der Waals surface area contributed by atoms with Crippen molar-refractivity contribution in [3.8, 4) is 5.75 Å². The predicted octanol–water partition coefficient (Wildman–Crippen LogP) is 2.58. The molecule has 0 aliphatic rings. The second-order valence-electron chi connectivity index (χ2n) is 4.55. The average Bonchev–Trinajstić information content (AvgIpc) is 2.53. The number of nitrogens with one attached hydrogen (secondary N) is 1.